The molecule has 0 aromatic heterocycles. The molecule has 0 aliphatic heterocycles. The molecule has 0 heterocycles. The van der Waals surface area contributed by atoms with Crippen molar-refractivity contribution in [2.45, 2.75) is 13.0 Å². The third-order valence-electron chi connectivity index (χ3n) is 4.46. The summed E-state index contributed by atoms with van der Waals surface area (Å²) in [4.78, 5) is 24.0. The number of carbonyl (C=O) groups is 2. The Morgan fingerprint density at radius 2 is 1.79 bits per heavy atom. The molecule has 3 aromatic carbocycles. The molecule has 0 aliphatic carbocycles. The van der Waals surface area contributed by atoms with Gasteiger partial charge in [-0.25, -0.2) is 4.79 Å². The zero-order valence-electron chi connectivity index (χ0n) is 16.0. The predicted molar refractivity (Wildman–Crippen MR) is 112 cm³/mol. The lowest BCUT2D eigenvalue weighted by Gasteiger charge is -2.16. The number of hydrogen-bond donors (Lipinski definition) is 1. The molecule has 0 aliphatic rings. The number of ether oxygens (including phenoxy) is 1. The molecule has 3 rings (SSSR count). The van der Waals surface area contributed by atoms with Crippen LogP contribution in [0.3, 0.4) is 0 Å². The van der Waals surface area contributed by atoms with Gasteiger partial charge >= 0.3 is 5.97 Å². The highest BCUT2D eigenvalue weighted by Crippen LogP contribution is 2.23. The Labute approximate surface area is 169 Å². The Morgan fingerprint density at radius 1 is 1.07 bits per heavy atom. The quantitative estimate of drug-likeness (QED) is 0.512. The third kappa shape index (κ3) is 5.30. The minimum Gasteiger partial charge on any atom is -0.452 e. The molecule has 5 nitrogen and oxygen atoms in total. The zero-order chi connectivity index (χ0) is 20.6. The number of nitriles is 1. The molecule has 0 unspecified atom stereocenters. The number of esters is 1. The van der Waals surface area contributed by atoms with Gasteiger partial charge in [0.1, 0.15) is 0 Å². The Balaban J connectivity index is 1.53. The SMILES string of the molecule is C[C@@H](NC(=O)COC(=O)/C=C/c1ccc(C#N)cc1)c1cccc2ccccc12. The zero-order valence-corrected chi connectivity index (χ0v) is 16.0. The summed E-state index contributed by atoms with van der Waals surface area (Å²) in [6.07, 6.45) is 2.82. The lowest BCUT2D eigenvalue weighted by molar-refractivity contribution is -0.144. The van der Waals surface area contributed by atoms with E-state index in [-0.39, 0.29) is 18.6 Å². The first-order valence-electron chi connectivity index (χ1n) is 9.19. The Bertz CT molecular complexity index is 1090. The number of fused-ring (bicyclic) bond motifs is 1. The molecule has 0 saturated heterocycles. The van der Waals surface area contributed by atoms with Crippen molar-refractivity contribution in [1.82, 2.24) is 5.32 Å². The smallest absolute Gasteiger partial charge is 0.331 e. The summed E-state index contributed by atoms with van der Waals surface area (Å²) in [6, 6.07) is 22.5. The van der Waals surface area contributed by atoms with E-state index in [1.165, 1.54) is 6.08 Å². The molecule has 3 aromatic rings. The van der Waals surface area contributed by atoms with Crippen molar-refractivity contribution in [3.63, 3.8) is 0 Å². The minimum absolute atomic E-state index is 0.221. The summed E-state index contributed by atoms with van der Waals surface area (Å²) in [7, 11) is 0. The highest BCUT2D eigenvalue weighted by atomic mass is 16.5. The summed E-state index contributed by atoms with van der Waals surface area (Å²) < 4.78 is 5.00. The fourth-order valence-electron chi connectivity index (χ4n) is 3.01. The van der Waals surface area contributed by atoms with E-state index in [1.54, 1.807) is 30.3 Å². The van der Waals surface area contributed by atoms with Gasteiger partial charge in [0.25, 0.3) is 5.91 Å². The van der Waals surface area contributed by atoms with Crippen LogP contribution in [0.15, 0.2) is 72.8 Å². The van der Waals surface area contributed by atoms with Crippen molar-refractivity contribution in [3.8, 4) is 6.07 Å². The first kappa shape index (κ1) is 19.8. The van der Waals surface area contributed by atoms with Crippen molar-refractivity contribution in [1.29, 1.82) is 5.26 Å². The average Bonchev–Trinajstić information content (AvgIpc) is 2.76. The summed E-state index contributed by atoms with van der Waals surface area (Å²) >= 11 is 0. The van der Waals surface area contributed by atoms with Crippen LogP contribution in [0.1, 0.15) is 29.7 Å². The molecular weight excluding hydrogens is 364 g/mol. The maximum absolute atomic E-state index is 12.2. The second kappa shape index (κ2) is 9.34. The summed E-state index contributed by atoms with van der Waals surface area (Å²) in [6.45, 7) is 1.54. The molecule has 1 amide bonds. The standard InChI is InChI=1S/C24H20N2O3/c1-17(21-8-4-6-20-5-2-3-7-22(20)21)26-23(27)16-29-24(28)14-13-18-9-11-19(15-25)12-10-18/h2-14,17H,16H2,1H3,(H,26,27)/b14-13+/t17-/m1/s1. The predicted octanol–water partition coefficient (Wildman–Crippen LogP) is 4.15. The molecule has 29 heavy (non-hydrogen) atoms. The second-order valence-electron chi connectivity index (χ2n) is 6.53. The maximum Gasteiger partial charge on any atom is 0.331 e. The first-order valence-corrected chi connectivity index (χ1v) is 9.19. The number of nitrogens with one attached hydrogen (secondary N) is 1. The van der Waals surface area contributed by atoms with E-state index in [0.29, 0.717) is 5.56 Å². The molecule has 1 atom stereocenters. The van der Waals surface area contributed by atoms with Crippen LogP contribution in [0.5, 0.6) is 0 Å². The fraction of sp³-hybridized carbons (Fsp3) is 0.125. The summed E-state index contributed by atoms with van der Waals surface area (Å²) in [5.41, 5.74) is 2.31. The first-order chi connectivity index (χ1) is 14.1. The number of benzene rings is 3. The molecule has 1 N–H and O–H groups in total. The lowest BCUT2D eigenvalue weighted by atomic mass is 10.00. The van der Waals surface area contributed by atoms with Gasteiger partial charge < -0.3 is 10.1 Å². The van der Waals surface area contributed by atoms with E-state index >= 15 is 0 Å². The van der Waals surface area contributed by atoms with E-state index in [9.17, 15) is 9.59 Å². The molecule has 0 fully saturated rings. The van der Waals surface area contributed by atoms with Gasteiger partial charge in [0.2, 0.25) is 0 Å². The monoisotopic (exact) mass is 384 g/mol. The van der Waals surface area contributed by atoms with Gasteiger partial charge in [-0.05, 0) is 47.0 Å². The van der Waals surface area contributed by atoms with Crippen LogP contribution >= 0.6 is 0 Å². The van der Waals surface area contributed by atoms with E-state index in [2.05, 4.69) is 5.32 Å². The van der Waals surface area contributed by atoms with Crippen molar-refractivity contribution >= 4 is 28.7 Å². The fourth-order valence-corrected chi connectivity index (χ4v) is 3.01. The van der Waals surface area contributed by atoms with Crippen molar-refractivity contribution in [3.05, 3.63) is 89.5 Å². The molecule has 0 spiro atoms. The largest absolute Gasteiger partial charge is 0.452 e. The van der Waals surface area contributed by atoms with E-state index in [1.807, 2.05) is 55.5 Å². The molecule has 144 valence electrons. The van der Waals surface area contributed by atoms with Gasteiger partial charge in [-0.2, -0.15) is 5.26 Å². The van der Waals surface area contributed by atoms with Crippen LogP contribution < -0.4 is 5.32 Å². The van der Waals surface area contributed by atoms with Crippen molar-refractivity contribution < 1.29 is 14.3 Å². The average molecular weight is 384 g/mol. The minimum atomic E-state index is -0.609. The second-order valence-corrected chi connectivity index (χ2v) is 6.53. The molecule has 0 bridgehead atoms. The molecular formula is C24H20N2O3. The Hall–Kier alpha value is -3.91. The van der Waals surface area contributed by atoms with Gasteiger partial charge in [0.15, 0.2) is 6.61 Å². The van der Waals surface area contributed by atoms with Crippen LogP contribution in [-0.2, 0) is 14.3 Å². The number of hydrogen-bond acceptors (Lipinski definition) is 4. The van der Waals surface area contributed by atoms with E-state index in [4.69, 9.17) is 10.00 Å². The van der Waals surface area contributed by atoms with Gasteiger partial charge in [-0.1, -0.05) is 54.6 Å². The van der Waals surface area contributed by atoms with Gasteiger partial charge in [-0.3, -0.25) is 4.79 Å². The van der Waals surface area contributed by atoms with Crippen molar-refractivity contribution in [2.75, 3.05) is 6.61 Å². The molecule has 0 radical (unpaired) electrons. The van der Waals surface area contributed by atoms with Crippen LogP contribution in [0.2, 0.25) is 0 Å². The van der Waals surface area contributed by atoms with E-state index < -0.39 is 5.97 Å². The number of nitrogens with zero attached hydrogens (tertiary/aromatic N) is 1. The lowest BCUT2D eigenvalue weighted by Crippen LogP contribution is -2.31. The highest BCUT2D eigenvalue weighted by molar-refractivity contribution is 5.90. The highest BCUT2D eigenvalue weighted by Gasteiger charge is 2.13. The van der Waals surface area contributed by atoms with Crippen LogP contribution in [0, 0.1) is 11.3 Å². The Kier molecular flexibility index (Phi) is 6.39. The number of carbonyl (C=O) groups excluding carboxylic acids is 2. The third-order valence-corrected chi connectivity index (χ3v) is 4.46. The molecule has 5 heteroatoms. The maximum atomic E-state index is 12.2. The van der Waals surface area contributed by atoms with Crippen LogP contribution in [0.25, 0.3) is 16.8 Å². The van der Waals surface area contributed by atoms with Crippen LogP contribution in [-0.4, -0.2) is 18.5 Å². The Morgan fingerprint density at radius 3 is 2.55 bits per heavy atom. The topological polar surface area (TPSA) is 79.2 Å². The van der Waals surface area contributed by atoms with Gasteiger partial charge in [0.05, 0.1) is 17.7 Å². The number of amides is 1. The normalized spacial score (nSPS) is 11.7. The summed E-state index contributed by atoms with van der Waals surface area (Å²) in [5.74, 6) is -0.979. The molecule has 0 saturated carbocycles. The van der Waals surface area contributed by atoms with Crippen LogP contribution in [0.4, 0.5) is 0 Å². The van der Waals surface area contributed by atoms with Crippen molar-refractivity contribution in [2.24, 2.45) is 0 Å². The van der Waals surface area contributed by atoms with Gasteiger partial charge in [-0.15, -0.1) is 0 Å². The van der Waals surface area contributed by atoms with E-state index in [0.717, 1.165) is 21.9 Å². The number of rotatable bonds is 6. The van der Waals surface area contributed by atoms with Gasteiger partial charge in [0, 0.05) is 6.08 Å². The summed E-state index contributed by atoms with van der Waals surface area (Å²) in [5, 5.41) is 13.8.